The Bertz CT molecular complexity index is 345. The quantitative estimate of drug-likeness (QED) is 0.503. The molecule has 0 unspecified atom stereocenters. The Balaban J connectivity index is 2.82. The monoisotopic (exact) mass is 314 g/mol. The summed E-state index contributed by atoms with van der Waals surface area (Å²) >= 11 is 0. The maximum atomic E-state index is 6.24. The van der Waals surface area contributed by atoms with Gasteiger partial charge in [-0.25, -0.2) is 0 Å². The molecule has 0 spiro atoms. The molecule has 1 rings (SSSR count). The minimum absolute atomic E-state index is 0.292. The minimum Gasteiger partial charge on any atom is -0.414 e. The number of hydrogen-bond donors (Lipinski definition) is 0. The molecule has 21 heavy (non-hydrogen) atoms. The summed E-state index contributed by atoms with van der Waals surface area (Å²) in [7, 11) is 0.0189. The van der Waals surface area contributed by atoms with Crippen LogP contribution in [0.4, 0.5) is 0 Å². The van der Waals surface area contributed by atoms with Gasteiger partial charge in [0.1, 0.15) is 0 Å². The fourth-order valence-electron chi connectivity index (χ4n) is 3.05. The van der Waals surface area contributed by atoms with E-state index >= 15 is 0 Å². The lowest BCUT2D eigenvalue weighted by atomic mass is 10.2. The van der Waals surface area contributed by atoms with Crippen LogP contribution in [0, 0.1) is 0 Å². The Morgan fingerprint density at radius 2 is 2.00 bits per heavy atom. The summed E-state index contributed by atoms with van der Waals surface area (Å²) in [6.07, 6.45) is 3.69. The summed E-state index contributed by atoms with van der Waals surface area (Å²) in [5.74, 6) is 0. The molecule has 0 amide bonds. The molecule has 0 N–H and O–H groups in total. The zero-order chi connectivity index (χ0) is 16.0. The normalized spacial score (nSPS) is 22.2. The van der Waals surface area contributed by atoms with E-state index in [0.717, 1.165) is 19.6 Å². The van der Waals surface area contributed by atoms with Crippen molar-refractivity contribution in [2.75, 3.05) is 20.3 Å². The average Bonchev–Trinajstić information content (AvgIpc) is 2.81. The van der Waals surface area contributed by atoms with E-state index in [1.54, 1.807) is 7.11 Å². The molecule has 0 bridgehead atoms. The van der Waals surface area contributed by atoms with E-state index in [-0.39, 0.29) is 0 Å². The highest BCUT2D eigenvalue weighted by Crippen LogP contribution is 2.28. The van der Waals surface area contributed by atoms with E-state index in [1.165, 1.54) is 18.6 Å². The lowest BCUT2D eigenvalue weighted by Crippen LogP contribution is -2.42. The van der Waals surface area contributed by atoms with Crippen molar-refractivity contribution in [2.45, 2.75) is 77.7 Å². The van der Waals surface area contributed by atoms with Crippen molar-refractivity contribution in [1.29, 1.82) is 0 Å². The summed E-state index contributed by atoms with van der Waals surface area (Å²) in [4.78, 5) is 0. The zero-order valence-electron chi connectivity index (χ0n) is 15.0. The van der Waals surface area contributed by atoms with Crippen LogP contribution in [0.5, 0.6) is 0 Å². The van der Waals surface area contributed by atoms with E-state index in [9.17, 15) is 0 Å². The highest BCUT2D eigenvalue weighted by atomic mass is 28.4. The first-order valence-electron chi connectivity index (χ1n) is 8.32. The molecule has 0 aromatic rings. The van der Waals surface area contributed by atoms with Crippen LogP contribution in [0.2, 0.25) is 18.6 Å². The van der Waals surface area contributed by atoms with Gasteiger partial charge in [-0.1, -0.05) is 13.8 Å². The number of ether oxygens (including phenoxy) is 1. The molecule has 5 heteroatoms. The van der Waals surface area contributed by atoms with Crippen molar-refractivity contribution in [3.05, 3.63) is 0 Å². The van der Waals surface area contributed by atoms with Gasteiger partial charge in [-0.3, -0.25) is 5.01 Å². The van der Waals surface area contributed by atoms with Crippen LogP contribution >= 0.6 is 0 Å². The van der Waals surface area contributed by atoms with E-state index < -0.39 is 8.32 Å². The summed E-state index contributed by atoms with van der Waals surface area (Å²) in [5.41, 5.74) is 1.73. The minimum atomic E-state index is -1.75. The van der Waals surface area contributed by atoms with Crippen molar-refractivity contribution in [3.8, 4) is 0 Å². The van der Waals surface area contributed by atoms with Gasteiger partial charge in [0.25, 0.3) is 0 Å². The standard InChI is InChI=1S/C16H34N2O2Si/c1-8-16(14(4)21(6,7)20-13(2)3)17-18-11-9-10-15(18)12-19-5/h13-15H,8-12H2,1-7H3/b17-16+/t14-,15+/m1/s1. The smallest absolute Gasteiger partial charge is 0.195 e. The van der Waals surface area contributed by atoms with Crippen molar-refractivity contribution in [2.24, 2.45) is 5.10 Å². The first-order chi connectivity index (χ1) is 9.81. The molecule has 1 aliphatic heterocycles. The van der Waals surface area contributed by atoms with Gasteiger partial charge in [0.2, 0.25) is 0 Å². The van der Waals surface area contributed by atoms with Gasteiger partial charge in [0.05, 0.1) is 12.6 Å². The largest absolute Gasteiger partial charge is 0.414 e. The molecular weight excluding hydrogens is 280 g/mol. The SMILES string of the molecule is CC/C(=N\N1CCC[C@H]1COC)[C@@H](C)[Si](C)(C)OC(C)C. The van der Waals surface area contributed by atoms with Crippen LogP contribution in [0.15, 0.2) is 5.10 Å². The molecule has 1 heterocycles. The van der Waals surface area contributed by atoms with Gasteiger partial charge in [-0.15, -0.1) is 0 Å². The third kappa shape index (κ3) is 5.38. The topological polar surface area (TPSA) is 34.1 Å². The van der Waals surface area contributed by atoms with Gasteiger partial charge < -0.3 is 9.16 Å². The van der Waals surface area contributed by atoms with Crippen LogP contribution in [0.3, 0.4) is 0 Å². The van der Waals surface area contributed by atoms with E-state index in [4.69, 9.17) is 14.3 Å². The van der Waals surface area contributed by atoms with Gasteiger partial charge in [-0.05, 0) is 46.2 Å². The lowest BCUT2D eigenvalue weighted by molar-refractivity contribution is 0.117. The fraction of sp³-hybridized carbons (Fsp3) is 0.938. The predicted octanol–water partition coefficient (Wildman–Crippen LogP) is 3.88. The number of rotatable bonds is 8. The van der Waals surface area contributed by atoms with Gasteiger partial charge in [-0.2, -0.15) is 5.10 Å². The fourth-order valence-corrected chi connectivity index (χ4v) is 5.54. The van der Waals surface area contributed by atoms with Crippen molar-refractivity contribution >= 4 is 14.0 Å². The Morgan fingerprint density at radius 1 is 1.33 bits per heavy atom. The molecule has 0 aromatic heterocycles. The third-order valence-corrected chi connectivity index (χ3v) is 7.90. The summed E-state index contributed by atoms with van der Waals surface area (Å²) in [6, 6.07) is 0.444. The van der Waals surface area contributed by atoms with Crippen LogP contribution in [-0.2, 0) is 9.16 Å². The lowest BCUT2D eigenvalue weighted by Gasteiger charge is -2.33. The van der Waals surface area contributed by atoms with E-state index in [0.29, 0.717) is 17.7 Å². The van der Waals surface area contributed by atoms with Crippen LogP contribution in [0.25, 0.3) is 0 Å². The molecule has 0 aliphatic carbocycles. The molecular formula is C16H34N2O2Si. The van der Waals surface area contributed by atoms with E-state index in [1.807, 2.05) is 0 Å². The van der Waals surface area contributed by atoms with Gasteiger partial charge >= 0.3 is 0 Å². The first-order valence-corrected chi connectivity index (χ1v) is 11.3. The second-order valence-electron chi connectivity index (χ2n) is 6.85. The zero-order valence-corrected chi connectivity index (χ0v) is 16.0. The molecule has 1 saturated heterocycles. The molecule has 4 nitrogen and oxygen atoms in total. The second-order valence-corrected chi connectivity index (χ2v) is 11.2. The molecule has 0 aromatic carbocycles. The van der Waals surface area contributed by atoms with Crippen LogP contribution in [0.1, 0.15) is 47.0 Å². The Hall–Kier alpha value is -0.393. The van der Waals surface area contributed by atoms with E-state index in [2.05, 4.69) is 45.8 Å². The molecule has 124 valence electrons. The van der Waals surface area contributed by atoms with Crippen LogP contribution < -0.4 is 0 Å². The van der Waals surface area contributed by atoms with Gasteiger partial charge in [0.15, 0.2) is 8.32 Å². The molecule has 2 atom stereocenters. The number of hydrazone groups is 1. The van der Waals surface area contributed by atoms with Crippen molar-refractivity contribution in [1.82, 2.24) is 5.01 Å². The Kier molecular flexibility index (Phi) is 7.37. The van der Waals surface area contributed by atoms with Gasteiger partial charge in [0, 0.05) is 31.0 Å². The molecule has 1 fully saturated rings. The highest BCUT2D eigenvalue weighted by molar-refractivity contribution is 6.76. The number of nitrogens with zero attached hydrogens (tertiary/aromatic N) is 2. The molecule has 0 saturated carbocycles. The number of methoxy groups -OCH3 is 1. The highest BCUT2D eigenvalue weighted by Gasteiger charge is 2.35. The second kappa shape index (κ2) is 8.29. The molecule has 1 aliphatic rings. The number of hydrogen-bond acceptors (Lipinski definition) is 4. The van der Waals surface area contributed by atoms with Crippen LogP contribution in [-0.4, -0.2) is 51.4 Å². The van der Waals surface area contributed by atoms with Crippen molar-refractivity contribution in [3.63, 3.8) is 0 Å². The van der Waals surface area contributed by atoms with Crippen molar-refractivity contribution < 1.29 is 9.16 Å². The maximum absolute atomic E-state index is 6.24. The Morgan fingerprint density at radius 3 is 2.52 bits per heavy atom. The first kappa shape index (κ1) is 18.7. The maximum Gasteiger partial charge on any atom is 0.195 e. The summed E-state index contributed by atoms with van der Waals surface area (Å²) in [6.45, 7) is 15.2. The Labute approximate surface area is 132 Å². The molecule has 0 radical (unpaired) electrons. The average molecular weight is 315 g/mol. The summed E-state index contributed by atoms with van der Waals surface area (Å²) in [5, 5.41) is 7.24. The predicted molar refractivity (Wildman–Crippen MR) is 92.5 cm³/mol. The summed E-state index contributed by atoms with van der Waals surface area (Å²) < 4.78 is 11.6. The third-order valence-electron chi connectivity index (χ3n) is 4.41.